The highest BCUT2D eigenvalue weighted by Gasteiger charge is 2.05. The van der Waals surface area contributed by atoms with Crippen molar-refractivity contribution in [1.29, 1.82) is 0 Å². The molecule has 0 saturated heterocycles. The highest BCUT2D eigenvalue weighted by atomic mass is 16.5. The van der Waals surface area contributed by atoms with E-state index in [1.54, 1.807) is 0 Å². The van der Waals surface area contributed by atoms with Gasteiger partial charge in [-0.25, -0.2) is 4.79 Å². The third-order valence-corrected chi connectivity index (χ3v) is 1.84. The Bertz CT molecular complexity index is 388. The first-order valence-electron chi connectivity index (χ1n) is 4.38. The molecule has 0 aromatic heterocycles. The number of aryl methyl sites for hydroxylation is 1. The first-order valence-corrected chi connectivity index (χ1v) is 4.38. The number of carbonyl (C=O) groups is 1. The summed E-state index contributed by atoms with van der Waals surface area (Å²) in [5, 5.41) is 3.70. The second kappa shape index (κ2) is 4.99. The topological polar surface area (TPSA) is 76.7 Å². The molecule has 0 radical (unpaired) electrons. The molecule has 0 aliphatic carbocycles. The van der Waals surface area contributed by atoms with Crippen LogP contribution in [0, 0.1) is 6.92 Å². The van der Waals surface area contributed by atoms with Gasteiger partial charge in [-0.1, -0.05) is 18.2 Å². The van der Waals surface area contributed by atoms with Gasteiger partial charge < -0.3 is 10.5 Å². The van der Waals surface area contributed by atoms with Gasteiger partial charge in [0.1, 0.15) is 0 Å². The van der Waals surface area contributed by atoms with E-state index in [-0.39, 0.29) is 5.84 Å². The number of methoxy groups -OCH3 is 1. The van der Waals surface area contributed by atoms with E-state index < -0.39 is 5.97 Å². The first kappa shape index (κ1) is 11.0. The van der Waals surface area contributed by atoms with E-state index in [1.165, 1.54) is 7.11 Å². The summed E-state index contributed by atoms with van der Waals surface area (Å²) in [6.45, 7) is 1.92. The van der Waals surface area contributed by atoms with Crippen molar-refractivity contribution in [3.05, 3.63) is 29.8 Å². The van der Waals surface area contributed by atoms with E-state index in [1.807, 2.05) is 31.2 Å². The van der Waals surface area contributed by atoms with Crippen molar-refractivity contribution in [3.8, 4) is 0 Å². The molecule has 80 valence electrons. The summed E-state index contributed by atoms with van der Waals surface area (Å²) in [6.07, 6.45) is 0. The van der Waals surface area contributed by atoms with E-state index in [0.717, 1.165) is 11.3 Å². The largest absolute Gasteiger partial charge is 0.463 e. The van der Waals surface area contributed by atoms with Crippen molar-refractivity contribution >= 4 is 17.5 Å². The second-order valence-corrected chi connectivity index (χ2v) is 2.92. The molecule has 0 atom stereocenters. The number of amidine groups is 1. The Labute approximate surface area is 87.9 Å². The van der Waals surface area contributed by atoms with Crippen LogP contribution in [0.4, 0.5) is 5.69 Å². The van der Waals surface area contributed by atoms with Gasteiger partial charge in [0, 0.05) is 0 Å². The van der Waals surface area contributed by atoms with Crippen LogP contribution in [0.1, 0.15) is 5.56 Å². The van der Waals surface area contributed by atoms with Crippen LogP contribution < -0.4 is 11.2 Å². The summed E-state index contributed by atoms with van der Waals surface area (Å²) in [7, 11) is 1.25. The van der Waals surface area contributed by atoms with Gasteiger partial charge in [-0.2, -0.15) is 0 Å². The highest BCUT2D eigenvalue weighted by molar-refractivity contribution is 6.34. The summed E-state index contributed by atoms with van der Waals surface area (Å²) >= 11 is 0. The zero-order valence-corrected chi connectivity index (χ0v) is 8.65. The zero-order chi connectivity index (χ0) is 11.3. The van der Waals surface area contributed by atoms with Crippen LogP contribution in [0.3, 0.4) is 0 Å². The van der Waals surface area contributed by atoms with Crippen LogP contribution in [0.2, 0.25) is 0 Å². The lowest BCUT2D eigenvalue weighted by Gasteiger charge is -2.04. The van der Waals surface area contributed by atoms with Gasteiger partial charge in [0.25, 0.3) is 0 Å². The zero-order valence-electron chi connectivity index (χ0n) is 8.65. The number of hydrogen-bond acceptors (Lipinski definition) is 4. The molecule has 1 aromatic carbocycles. The summed E-state index contributed by atoms with van der Waals surface area (Å²) in [6, 6.07) is 7.53. The lowest BCUT2D eigenvalue weighted by atomic mass is 10.2. The molecule has 0 unspecified atom stereocenters. The molecule has 0 saturated carbocycles. The van der Waals surface area contributed by atoms with Crippen LogP contribution in [-0.4, -0.2) is 18.9 Å². The van der Waals surface area contributed by atoms with Crippen LogP contribution in [0.5, 0.6) is 0 Å². The van der Waals surface area contributed by atoms with Crippen molar-refractivity contribution < 1.29 is 9.53 Å². The molecule has 5 nitrogen and oxygen atoms in total. The molecule has 0 bridgehead atoms. The Hall–Kier alpha value is -2.04. The molecule has 0 fully saturated rings. The molecular weight excluding hydrogens is 194 g/mol. The SMILES string of the molecule is COC(=O)/C(N)=N/Nc1ccccc1C. The quantitative estimate of drug-likeness (QED) is 0.326. The Morgan fingerprint density at radius 1 is 1.47 bits per heavy atom. The van der Waals surface area contributed by atoms with Crippen molar-refractivity contribution in [2.45, 2.75) is 6.92 Å². The lowest BCUT2D eigenvalue weighted by Crippen LogP contribution is -2.26. The van der Waals surface area contributed by atoms with E-state index in [2.05, 4.69) is 15.3 Å². The number of nitrogens with two attached hydrogens (primary N) is 1. The molecule has 0 spiro atoms. The van der Waals surface area contributed by atoms with Gasteiger partial charge in [-0.05, 0) is 18.6 Å². The summed E-state index contributed by atoms with van der Waals surface area (Å²) in [5.41, 5.74) is 9.84. The van der Waals surface area contributed by atoms with Crippen LogP contribution in [-0.2, 0) is 9.53 Å². The van der Waals surface area contributed by atoms with Gasteiger partial charge in [0.15, 0.2) is 0 Å². The van der Waals surface area contributed by atoms with Gasteiger partial charge in [0.05, 0.1) is 12.8 Å². The number of anilines is 1. The number of hydrogen-bond donors (Lipinski definition) is 2. The molecule has 3 N–H and O–H groups in total. The number of nitrogens with one attached hydrogen (secondary N) is 1. The highest BCUT2D eigenvalue weighted by Crippen LogP contribution is 2.12. The average molecular weight is 207 g/mol. The molecule has 0 aliphatic rings. The van der Waals surface area contributed by atoms with Gasteiger partial charge >= 0.3 is 5.97 Å². The average Bonchev–Trinajstić information content (AvgIpc) is 2.26. The van der Waals surface area contributed by atoms with Crippen LogP contribution in [0.25, 0.3) is 0 Å². The summed E-state index contributed by atoms with van der Waals surface area (Å²) in [4.78, 5) is 10.9. The maximum Gasteiger partial charge on any atom is 0.375 e. The molecular formula is C10H13N3O2. The Morgan fingerprint density at radius 3 is 2.73 bits per heavy atom. The van der Waals surface area contributed by atoms with Crippen molar-refractivity contribution in [1.82, 2.24) is 0 Å². The molecule has 15 heavy (non-hydrogen) atoms. The maximum atomic E-state index is 10.9. The lowest BCUT2D eigenvalue weighted by molar-refractivity contribution is -0.132. The number of hydrazone groups is 1. The molecule has 1 aromatic rings. The molecule has 0 aliphatic heterocycles. The Morgan fingerprint density at radius 2 is 2.13 bits per heavy atom. The van der Waals surface area contributed by atoms with Crippen molar-refractivity contribution in [2.75, 3.05) is 12.5 Å². The normalized spacial score (nSPS) is 10.9. The van der Waals surface area contributed by atoms with E-state index in [0.29, 0.717) is 0 Å². The fourth-order valence-corrected chi connectivity index (χ4v) is 0.969. The number of para-hydroxylation sites is 1. The predicted molar refractivity (Wildman–Crippen MR) is 58.4 cm³/mol. The fourth-order valence-electron chi connectivity index (χ4n) is 0.969. The first-order chi connectivity index (χ1) is 7.15. The van der Waals surface area contributed by atoms with Crippen molar-refractivity contribution in [3.63, 3.8) is 0 Å². The third kappa shape index (κ3) is 2.98. The smallest absolute Gasteiger partial charge is 0.375 e. The minimum atomic E-state index is -0.656. The number of ether oxygens (including phenoxy) is 1. The summed E-state index contributed by atoms with van der Waals surface area (Å²) < 4.78 is 4.40. The number of rotatable bonds is 2. The Kier molecular flexibility index (Phi) is 3.68. The van der Waals surface area contributed by atoms with Crippen LogP contribution >= 0.6 is 0 Å². The fraction of sp³-hybridized carbons (Fsp3) is 0.200. The monoisotopic (exact) mass is 207 g/mol. The van der Waals surface area contributed by atoms with E-state index >= 15 is 0 Å². The number of carbonyl (C=O) groups excluding carboxylic acids is 1. The Balaban J connectivity index is 2.72. The van der Waals surface area contributed by atoms with Gasteiger partial charge in [0.2, 0.25) is 5.84 Å². The van der Waals surface area contributed by atoms with Gasteiger partial charge in [-0.3, -0.25) is 5.43 Å². The maximum absolute atomic E-state index is 10.9. The van der Waals surface area contributed by atoms with Crippen LogP contribution in [0.15, 0.2) is 29.4 Å². The van der Waals surface area contributed by atoms with Crippen molar-refractivity contribution in [2.24, 2.45) is 10.8 Å². The predicted octanol–water partition coefficient (Wildman–Crippen LogP) is 0.852. The molecule has 0 heterocycles. The van der Waals surface area contributed by atoms with E-state index in [9.17, 15) is 4.79 Å². The second-order valence-electron chi connectivity index (χ2n) is 2.92. The molecule has 0 amide bonds. The number of esters is 1. The third-order valence-electron chi connectivity index (χ3n) is 1.84. The number of benzene rings is 1. The standard InChI is InChI=1S/C10H13N3O2/c1-7-5-3-4-6-8(7)12-13-9(11)10(14)15-2/h3-6,12H,1-2H3,(H2,11,13). The number of nitrogens with zero attached hydrogens (tertiary/aromatic N) is 1. The van der Waals surface area contributed by atoms with E-state index in [4.69, 9.17) is 5.73 Å². The summed E-state index contributed by atoms with van der Waals surface area (Å²) in [5.74, 6) is -0.864. The minimum Gasteiger partial charge on any atom is -0.463 e. The minimum absolute atomic E-state index is 0.208. The molecule has 1 rings (SSSR count). The molecule has 5 heteroatoms. The van der Waals surface area contributed by atoms with Gasteiger partial charge in [-0.15, -0.1) is 5.10 Å².